The van der Waals surface area contributed by atoms with Crippen LogP contribution >= 0.6 is 0 Å². The molecule has 3 aromatic carbocycles. The lowest BCUT2D eigenvalue weighted by atomic mass is 9.98. The van der Waals surface area contributed by atoms with Crippen molar-refractivity contribution >= 4 is 5.91 Å². The number of hydrogen-bond donors (Lipinski definition) is 2. The Hall–Kier alpha value is -3.38. The number of nitrogens with one attached hydrogen (secondary N) is 2. The Morgan fingerprint density at radius 2 is 1.65 bits per heavy atom. The summed E-state index contributed by atoms with van der Waals surface area (Å²) < 4.78 is 24.1. The molecule has 5 nitrogen and oxygen atoms in total. The maximum absolute atomic E-state index is 13.9. The van der Waals surface area contributed by atoms with Crippen molar-refractivity contribution in [3.05, 3.63) is 95.3 Å². The Kier molecular flexibility index (Phi) is 7.62. The molecule has 0 heterocycles. The van der Waals surface area contributed by atoms with Crippen molar-refractivity contribution in [3.8, 4) is 11.5 Å². The molecule has 3 aromatic rings. The predicted octanol–water partition coefficient (Wildman–Crippen LogP) is 2.76. The van der Waals surface area contributed by atoms with Gasteiger partial charge in [0.15, 0.2) is 18.1 Å². The van der Waals surface area contributed by atoms with Crippen LogP contribution in [0.3, 0.4) is 0 Å². The van der Waals surface area contributed by atoms with Crippen molar-refractivity contribution in [2.24, 2.45) is 0 Å². The molecule has 0 saturated heterocycles. The van der Waals surface area contributed by atoms with E-state index in [-0.39, 0.29) is 24.2 Å². The van der Waals surface area contributed by atoms with Crippen molar-refractivity contribution < 1.29 is 23.6 Å². The van der Waals surface area contributed by atoms with Gasteiger partial charge in [0.2, 0.25) is 0 Å². The monoisotopic (exact) mass is 423 g/mol. The second kappa shape index (κ2) is 10.6. The zero-order valence-electron chi connectivity index (χ0n) is 18.0. The third kappa shape index (κ3) is 6.06. The molecule has 0 radical (unpaired) electrons. The summed E-state index contributed by atoms with van der Waals surface area (Å²) in [6.07, 6.45) is 0. The molecule has 0 fully saturated rings. The summed E-state index contributed by atoms with van der Waals surface area (Å²) in [5.41, 5.74) is 2.77. The number of rotatable bonds is 9. The molecular weight excluding hydrogens is 395 g/mol. The Morgan fingerprint density at radius 3 is 2.26 bits per heavy atom. The number of halogens is 1. The number of carbonyl (C=O) groups excluding carboxylic acids is 1. The van der Waals surface area contributed by atoms with Crippen LogP contribution in [0.15, 0.2) is 72.8 Å². The molecule has 162 valence electrons. The first-order valence-corrected chi connectivity index (χ1v) is 10.1. The molecule has 0 aromatic heterocycles. The fourth-order valence-electron chi connectivity index (χ4n) is 3.52. The van der Waals surface area contributed by atoms with Crippen molar-refractivity contribution in [1.82, 2.24) is 5.32 Å². The zero-order chi connectivity index (χ0) is 22.2. The van der Waals surface area contributed by atoms with Gasteiger partial charge in [-0.3, -0.25) is 4.79 Å². The summed E-state index contributed by atoms with van der Waals surface area (Å²) in [6, 6.07) is 22.1. The normalized spacial score (nSPS) is 12.6. The van der Waals surface area contributed by atoms with E-state index in [1.54, 1.807) is 13.2 Å². The van der Waals surface area contributed by atoms with E-state index in [1.165, 1.54) is 13.2 Å². The van der Waals surface area contributed by atoms with Crippen molar-refractivity contribution in [1.29, 1.82) is 0 Å². The summed E-state index contributed by atoms with van der Waals surface area (Å²) in [5.74, 6) is 0.485. The van der Waals surface area contributed by atoms with E-state index in [0.29, 0.717) is 6.54 Å². The number of likely N-dealkylation sites (N-methyl/N-ethyl adjacent to an activating group) is 1. The molecule has 6 heteroatoms. The molecule has 0 aliphatic rings. The van der Waals surface area contributed by atoms with E-state index in [1.807, 2.05) is 67.7 Å². The Bertz CT molecular complexity index is 993. The van der Waals surface area contributed by atoms with Crippen molar-refractivity contribution in [3.63, 3.8) is 0 Å². The lowest BCUT2D eigenvalue weighted by Crippen LogP contribution is -3.08. The van der Waals surface area contributed by atoms with Gasteiger partial charge in [0.05, 0.1) is 27.3 Å². The van der Waals surface area contributed by atoms with Gasteiger partial charge in [-0.15, -0.1) is 0 Å². The molecule has 2 N–H and O–H groups in total. The first-order chi connectivity index (χ1) is 15.0. The second-order valence-electron chi connectivity index (χ2n) is 7.46. The van der Waals surface area contributed by atoms with E-state index >= 15 is 0 Å². The molecule has 0 aliphatic carbocycles. The Balaban J connectivity index is 1.69. The van der Waals surface area contributed by atoms with Gasteiger partial charge >= 0.3 is 0 Å². The second-order valence-corrected chi connectivity index (χ2v) is 7.46. The van der Waals surface area contributed by atoms with Gasteiger partial charge in [-0.2, -0.15) is 0 Å². The molecule has 0 saturated carbocycles. The maximum Gasteiger partial charge on any atom is 0.275 e. The minimum atomic E-state index is -0.402. The summed E-state index contributed by atoms with van der Waals surface area (Å²) in [4.78, 5) is 13.8. The molecule has 1 amide bonds. The first-order valence-electron chi connectivity index (χ1n) is 10.1. The molecule has 3 rings (SSSR count). The van der Waals surface area contributed by atoms with E-state index in [0.717, 1.165) is 27.3 Å². The van der Waals surface area contributed by atoms with Crippen molar-refractivity contribution in [2.45, 2.75) is 12.6 Å². The van der Waals surface area contributed by atoms with Crippen LogP contribution in [0.4, 0.5) is 4.39 Å². The lowest BCUT2D eigenvalue weighted by Gasteiger charge is -2.21. The quantitative estimate of drug-likeness (QED) is 0.557. The number of quaternary nitrogens is 1. The molecular formula is C25H28FN2O3+. The van der Waals surface area contributed by atoms with Gasteiger partial charge < -0.3 is 19.7 Å². The highest BCUT2D eigenvalue weighted by molar-refractivity contribution is 5.78. The van der Waals surface area contributed by atoms with Crippen LogP contribution < -0.4 is 19.7 Å². The number of carbonyl (C=O) groups is 1. The van der Waals surface area contributed by atoms with Crippen LogP contribution in [0.25, 0.3) is 0 Å². The van der Waals surface area contributed by atoms with Crippen LogP contribution in [0.5, 0.6) is 11.5 Å². The molecule has 0 spiro atoms. The fraction of sp³-hybridized carbons (Fsp3) is 0.240. The fourth-order valence-corrected chi connectivity index (χ4v) is 3.52. The van der Waals surface area contributed by atoms with Crippen LogP contribution in [0.1, 0.15) is 22.7 Å². The largest absolute Gasteiger partial charge is 0.497 e. The topological polar surface area (TPSA) is 52.0 Å². The molecule has 1 unspecified atom stereocenters. The minimum absolute atomic E-state index is 0.0869. The minimum Gasteiger partial charge on any atom is -0.497 e. The van der Waals surface area contributed by atoms with Gasteiger partial charge in [0, 0.05) is 5.56 Å². The van der Waals surface area contributed by atoms with Crippen molar-refractivity contribution in [2.75, 3.05) is 27.8 Å². The SMILES string of the molecule is COc1ccc([C@H](NC(=O)C[NH+](C)Cc2ccc(OC)c(F)c2)c2ccccc2)cc1. The van der Waals surface area contributed by atoms with Gasteiger partial charge in [-0.05, 0) is 41.5 Å². The highest BCUT2D eigenvalue weighted by atomic mass is 19.1. The Labute approximate surface area is 182 Å². The van der Waals surface area contributed by atoms with E-state index < -0.39 is 5.82 Å². The maximum atomic E-state index is 13.9. The number of ether oxygens (including phenoxy) is 2. The average Bonchev–Trinajstić information content (AvgIpc) is 2.78. The molecule has 31 heavy (non-hydrogen) atoms. The van der Waals surface area contributed by atoms with Crippen LogP contribution in [0.2, 0.25) is 0 Å². The van der Waals surface area contributed by atoms with E-state index in [4.69, 9.17) is 9.47 Å². The molecule has 0 bridgehead atoms. The summed E-state index contributed by atoms with van der Waals surface area (Å²) >= 11 is 0. The zero-order valence-corrected chi connectivity index (χ0v) is 18.0. The van der Waals surface area contributed by atoms with Gasteiger partial charge in [-0.1, -0.05) is 42.5 Å². The smallest absolute Gasteiger partial charge is 0.275 e. The Morgan fingerprint density at radius 1 is 0.968 bits per heavy atom. The van der Waals surface area contributed by atoms with Crippen LogP contribution in [-0.4, -0.2) is 33.7 Å². The third-order valence-corrected chi connectivity index (χ3v) is 5.07. The summed E-state index contributed by atoms with van der Waals surface area (Å²) in [7, 11) is 4.97. The number of methoxy groups -OCH3 is 2. The van der Waals surface area contributed by atoms with Crippen LogP contribution in [-0.2, 0) is 11.3 Å². The first kappa shape index (κ1) is 22.3. The van der Waals surface area contributed by atoms with E-state index in [2.05, 4.69) is 5.32 Å². The highest BCUT2D eigenvalue weighted by Gasteiger charge is 2.19. The highest BCUT2D eigenvalue weighted by Crippen LogP contribution is 2.24. The van der Waals surface area contributed by atoms with Crippen LogP contribution in [0, 0.1) is 5.82 Å². The molecule has 0 aliphatic heterocycles. The third-order valence-electron chi connectivity index (χ3n) is 5.07. The number of amides is 1. The predicted molar refractivity (Wildman–Crippen MR) is 118 cm³/mol. The number of benzene rings is 3. The van der Waals surface area contributed by atoms with Gasteiger partial charge in [-0.25, -0.2) is 4.39 Å². The van der Waals surface area contributed by atoms with Gasteiger partial charge in [0.25, 0.3) is 5.91 Å². The summed E-state index contributed by atoms with van der Waals surface area (Å²) in [5, 5.41) is 3.14. The lowest BCUT2D eigenvalue weighted by molar-refractivity contribution is -0.885. The molecule has 2 atom stereocenters. The van der Waals surface area contributed by atoms with Gasteiger partial charge in [0.1, 0.15) is 12.3 Å². The van der Waals surface area contributed by atoms with E-state index in [9.17, 15) is 9.18 Å². The number of hydrogen-bond acceptors (Lipinski definition) is 3. The standard InChI is InChI=1S/C25H27FN2O3/c1-28(16-18-9-14-23(31-3)22(26)15-18)17-24(29)27-25(19-7-5-4-6-8-19)20-10-12-21(30-2)13-11-20/h4-15,25H,16-17H2,1-3H3,(H,27,29)/p+1/t25-/m1/s1. The average molecular weight is 424 g/mol. The summed E-state index contributed by atoms with van der Waals surface area (Å²) in [6.45, 7) is 0.778.